The predicted octanol–water partition coefficient (Wildman–Crippen LogP) is -1.53. The lowest BCUT2D eigenvalue weighted by Gasteiger charge is -2.39. The summed E-state index contributed by atoms with van der Waals surface area (Å²) in [6, 6.07) is 0.238. The first-order chi connectivity index (χ1) is 15.3. The second-order valence-electron chi connectivity index (χ2n) is 8.06. The summed E-state index contributed by atoms with van der Waals surface area (Å²) in [5.74, 6) is -0.956. The summed E-state index contributed by atoms with van der Waals surface area (Å²) in [5, 5.41) is 23.8. The van der Waals surface area contributed by atoms with Crippen molar-refractivity contribution < 1.29 is 29.3 Å². The summed E-state index contributed by atoms with van der Waals surface area (Å²) in [6.45, 7) is 2.51. The first-order valence-corrected chi connectivity index (χ1v) is 10.2. The molecule has 0 aromatic carbocycles. The molecule has 0 bridgehead atoms. The minimum Gasteiger partial charge on any atom is -0.465 e. The number of nitrogens with two attached hydrogens (primary N) is 1. The number of carboxylic acid groups (broad SMARTS) is 1. The fourth-order valence-electron chi connectivity index (χ4n) is 5.10. The number of methoxy groups -OCH3 is 1. The van der Waals surface area contributed by atoms with Crippen LogP contribution in [0.1, 0.15) is 12.6 Å². The fraction of sp³-hybridized carbons (Fsp3) is 0.500. The molecule has 4 heterocycles. The Labute approximate surface area is 183 Å². The molecule has 4 unspecified atom stereocenters. The smallest absolute Gasteiger partial charge is 0.402 e. The maximum atomic E-state index is 13.4. The van der Waals surface area contributed by atoms with E-state index in [1.807, 2.05) is 4.90 Å². The van der Waals surface area contributed by atoms with Crippen LogP contribution in [-0.4, -0.2) is 87.4 Å². The van der Waals surface area contributed by atoms with E-state index in [0.717, 1.165) is 5.69 Å². The van der Waals surface area contributed by atoms with Crippen molar-refractivity contribution in [2.24, 2.45) is 11.7 Å². The number of hydrogen-bond acceptors (Lipinski definition) is 9. The minimum atomic E-state index is -1.33. The number of imidazole rings is 1. The molecular formula is C20H26N6O6. The van der Waals surface area contributed by atoms with E-state index >= 15 is 0 Å². The second kappa shape index (κ2) is 8.04. The van der Waals surface area contributed by atoms with Crippen LogP contribution in [0.5, 0.6) is 0 Å². The van der Waals surface area contributed by atoms with Crippen molar-refractivity contribution in [3.63, 3.8) is 0 Å². The Kier molecular flexibility index (Phi) is 5.53. The Balaban J connectivity index is 0.000000567. The Hall–Kier alpha value is -3.22. The number of amides is 1. The van der Waals surface area contributed by atoms with Gasteiger partial charge < -0.3 is 41.2 Å². The predicted molar refractivity (Wildman–Crippen MR) is 110 cm³/mol. The van der Waals surface area contributed by atoms with Gasteiger partial charge in [-0.1, -0.05) is 0 Å². The Morgan fingerprint density at radius 3 is 2.75 bits per heavy atom. The average molecular weight is 446 g/mol. The van der Waals surface area contributed by atoms with E-state index in [1.54, 1.807) is 26.6 Å². The van der Waals surface area contributed by atoms with E-state index < -0.39 is 17.7 Å². The molecule has 0 radical (unpaired) electrons. The summed E-state index contributed by atoms with van der Waals surface area (Å²) in [4.78, 5) is 44.3. The number of nitrogens with one attached hydrogen (secondary N) is 3. The first-order valence-electron chi connectivity index (χ1n) is 10.2. The zero-order valence-corrected chi connectivity index (χ0v) is 17.7. The molecule has 1 aliphatic carbocycles. The fourth-order valence-corrected chi connectivity index (χ4v) is 5.10. The third-order valence-corrected chi connectivity index (χ3v) is 6.47. The van der Waals surface area contributed by atoms with Gasteiger partial charge in [-0.2, -0.15) is 0 Å². The van der Waals surface area contributed by atoms with Crippen LogP contribution in [0.4, 0.5) is 4.79 Å². The number of ketones is 2. The molecule has 2 fully saturated rings. The molecule has 4 atom stereocenters. The summed E-state index contributed by atoms with van der Waals surface area (Å²) in [7, 11) is 1.58. The van der Waals surface area contributed by atoms with E-state index in [-0.39, 0.29) is 30.3 Å². The third-order valence-electron chi connectivity index (χ3n) is 6.47. The maximum absolute atomic E-state index is 13.4. The van der Waals surface area contributed by atoms with Crippen LogP contribution in [0.15, 0.2) is 35.1 Å². The maximum Gasteiger partial charge on any atom is 0.402 e. The van der Waals surface area contributed by atoms with Crippen molar-refractivity contribution in [2.75, 3.05) is 26.8 Å². The highest BCUT2D eigenvalue weighted by Crippen LogP contribution is 2.55. The van der Waals surface area contributed by atoms with Crippen molar-refractivity contribution in [1.29, 1.82) is 0 Å². The molecule has 7 N–H and O–H groups in total. The lowest BCUT2D eigenvalue weighted by atomic mass is 9.82. The van der Waals surface area contributed by atoms with Crippen LogP contribution < -0.4 is 16.4 Å². The molecule has 0 saturated carbocycles. The highest BCUT2D eigenvalue weighted by molar-refractivity contribution is 6.25. The summed E-state index contributed by atoms with van der Waals surface area (Å²) < 4.78 is 5.88. The molecule has 1 aromatic rings. The van der Waals surface area contributed by atoms with E-state index in [0.29, 0.717) is 42.1 Å². The normalized spacial score (nSPS) is 30.0. The van der Waals surface area contributed by atoms with Crippen LogP contribution in [0.3, 0.4) is 0 Å². The summed E-state index contributed by atoms with van der Waals surface area (Å²) in [5.41, 5.74) is 5.59. The number of piperazine rings is 1. The molecule has 12 nitrogen and oxygen atoms in total. The van der Waals surface area contributed by atoms with Gasteiger partial charge >= 0.3 is 6.09 Å². The van der Waals surface area contributed by atoms with Crippen molar-refractivity contribution in [3.8, 4) is 0 Å². The van der Waals surface area contributed by atoms with E-state index in [2.05, 4.69) is 26.3 Å². The highest BCUT2D eigenvalue weighted by atomic mass is 16.5. The van der Waals surface area contributed by atoms with Crippen LogP contribution in [0.25, 0.3) is 0 Å². The Bertz CT molecular complexity index is 1010. The number of carbonyl (C=O) groups is 3. The standard InChI is InChI=1S/C19H23N5O4.CH3NO2/c1-9-14(21-4-3-10-5-20-8-22-10)17(27)13-11(7-25)19(28-2)18-12(23-18)6-24(19)15(13)16(9)26;2-1(3)4/h5,8,11-12,18,21,23,25H,3-4,6-7H2,1-2H3,(H,20,22);2H2,(H,3,4). The molecule has 4 aliphatic rings. The number of fused-ring (bicyclic) bond motifs is 4. The van der Waals surface area contributed by atoms with Gasteiger partial charge in [0, 0.05) is 55.7 Å². The molecule has 172 valence electrons. The molecule has 12 heteroatoms. The molecular weight excluding hydrogens is 420 g/mol. The average Bonchev–Trinajstić information content (AvgIpc) is 3.11. The van der Waals surface area contributed by atoms with Gasteiger partial charge in [-0.3, -0.25) is 9.59 Å². The summed E-state index contributed by atoms with van der Waals surface area (Å²) in [6.07, 6.45) is 2.65. The third kappa shape index (κ3) is 3.18. The Morgan fingerprint density at radius 2 is 2.16 bits per heavy atom. The number of aliphatic hydroxyl groups excluding tert-OH is 1. The zero-order chi connectivity index (χ0) is 23.2. The molecule has 1 aromatic heterocycles. The van der Waals surface area contributed by atoms with Gasteiger partial charge in [-0.15, -0.1) is 0 Å². The van der Waals surface area contributed by atoms with Crippen molar-refractivity contribution in [3.05, 3.63) is 40.8 Å². The Morgan fingerprint density at radius 1 is 1.44 bits per heavy atom. The quantitative estimate of drug-likeness (QED) is 0.220. The minimum absolute atomic E-state index is 0.0120. The van der Waals surface area contributed by atoms with Gasteiger partial charge in [0.1, 0.15) is 0 Å². The topological polar surface area (TPSA) is 193 Å². The van der Waals surface area contributed by atoms with Crippen molar-refractivity contribution in [1.82, 2.24) is 25.5 Å². The van der Waals surface area contributed by atoms with E-state index in [4.69, 9.17) is 14.6 Å². The van der Waals surface area contributed by atoms with Gasteiger partial charge in [0.2, 0.25) is 11.6 Å². The van der Waals surface area contributed by atoms with Crippen LogP contribution in [-0.2, 0) is 20.7 Å². The van der Waals surface area contributed by atoms with Gasteiger partial charge in [-0.25, -0.2) is 9.78 Å². The van der Waals surface area contributed by atoms with Crippen LogP contribution in [0.2, 0.25) is 0 Å². The number of hydrogen-bond donors (Lipinski definition) is 6. The van der Waals surface area contributed by atoms with Crippen molar-refractivity contribution >= 4 is 17.7 Å². The van der Waals surface area contributed by atoms with Crippen molar-refractivity contribution in [2.45, 2.75) is 31.2 Å². The number of allylic oxidation sites excluding steroid dienone is 2. The van der Waals surface area contributed by atoms with Gasteiger partial charge in [0.05, 0.1) is 36.3 Å². The SMILES string of the molecule is COC12C(CO)C3=C(C(=O)C(C)=C(NCCc4cnc[nH]4)C3=O)N1CC1NC12.NC(=O)O. The molecule has 1 amide bonds. The number of primary amides is 1. The lowest BCUT2D eigenvalue weighted by Crippen LogP contribution is -2.54. The largest absolute Gasteiger partial charge is 0.465 e. The first kappa shape index (κ1) is 22.0. The number of carbonyl (C=O) groups excluding carboxylic acids is 2. The van der Waals surface area contributed by atoms with E-state index in [1.165, 1.54) is 0 Å². The number of nitrogens with zero attached hydrogens (tertiary/aromatic N) is 2. The van der Waals surface area contributed by atoms with Gasteiger partial charge in [-0.05, 0) is 6.92 Å². The molecule has 5 rings (SSSR count). The number of H-pyrrole nitrogens is 1. The zero-order valence-electron chi connectivity index (χ0n) is 17.7. The van der Waals surface area contributed by atoms with E-state index in [9.17, 15) is 14.7 Å². The molecule has 2 saturated heterocycles. The lowest BCUT2D eigenvalue weighted by molar-refractivity contribution is -0.137. The number of aliphatic hydroxyl groups is 1. The number of aromatic nitrogens is 2. The number of aromatic amines is 1. The van der Waals surface area contributed by atoms with Crippen LogP contribution in [0, 0.1) is 5.92 Å². The summed E-state index contributed by atoms with van der Waals surface area (Å²) >= 11 is 0. The second-order valence-corrected chi connectivity index (χ2v) is 8.06. The number of rotatable bonds is 6. The number of Topliss-reactive ketones (excluding diaryl/α,β-unsaturated/α-hetero) is 2. The molecule has 32 heavy (non-hydrogen) atoms. The van der Waals surface area contributed by atoms with Gasteiger partial charge in [0.15, 0.2) is 5.72 Å². The van der Waals surface area contributed by atoms with Crippen LogP contribution >= 0.6 is 0 Å². The highest BCUT2D eigenvalue weighted by Gasteiger charge is 2.72. The van der Waals surface area contributed by atoms with Gasteiger partial charge in [0.25, 0.3) is 0 Å². The monoisotopic (exact) mass is 446 g/mol. The molecule has 0 spiro atoms. The number of ether oxygens (including phenoxy) is 1. The molecule has 3 aliphatic heterocycles.